The quantitative estimate of drug-likeness (QED) is 0.887. The number of carbonyl (C=O) groups excluding carboxylic acids is 1. The number of nitrogens with one attached hydrogen (secondary N) is 1. The molecule has 106 valence electrons. The van der Waals surface area contributed by atoms with Gasteiger partial charge in [0.1, 0.15) is 0 Å². The summed E-state index contributed by atoms with van der Waals surface area (Å²) in [4.78, 5) is 11.7. The first kappa shape index (κ1) is 16.0. The van der Waals surface area contributed by atoms with Gasteiger partial charge in [-0.2, -0.15) is 13.2 Å². The summed E-state index contributed by atoms with van der Waals surface area (Å²) >= 11 is 2.99. The Kier molecular flexibility index (Phi) is 4.98. The number of halogens is 4. The maximum atomic E-state index is 12.6. The molecule has 2 unspecified atom stereocenters. The van der Waals surface area contributed by atoms with Crippen LogP contribution in [0.25, 0.3) is 0 Å². The number of hydrogen-bond donors (Lipinski definition) is 2. The normalized spacial score (nSPS) is 14.9. The average molecular weight is 339 g/mol. The van der Waals surface area contributed by atoms with Crippen LogP contribution in [0.5, 0.6) is 0 Å². The Morgan fingerprint density at radius 2 is 1.89 bits per heavy atom. The summed E-state index contributed by atoms with van der Waals surface area (Å²) < 4.78 is 38.1. The predicted octanol–water partition coefficient (Wildman–Crippen LogP) is 3.39. The highest BCUT2D eigenvalue weighted by atomic mass is 79.9. The molecule has 0 bridgehead atoms. The second kappa shape index (κ2) is 5.92. The maximum absolute atomic E-state index is 12.6. The number of amides is 1. The highest BCUT2D eigenvalue weighted by Crippen LogP contribution is 2.33. The molecule has 3 N–H and O–H groups in total. The molecule has 0 saturated heterocycles. The third kappa shape index (κ3) is 4.50. The van der Waals surface area contributed by atoms with E-state index in [1.165, 1.54) is 6.07 Å². The van der Waals surface area contributed by atoms with Crippen molar-refractivity contribution >= 4 is 27.5 Å². The minimum Gasteiger partial charge on any atom is -0.327 e. The van der Waals surface area contributed by atoms with Gasteiger partial charge in [-0.3, -0.25) is 4.79 Å². The molecule has 0 spiro atoms. The van der Waals surface area contributed by atoms with Crippen molar-refractivity contribution in [1.29, 1.82) is 0 Å². The van der Waals surface area contributed by atoms with E-state index in [0.717, 1.165) is 12.1 Å². The highest BCUT2D eigenvalue weighted by Gasteiger charge is 2.31. The predicted molar refractivity (Wildman–Crippen MR) is 70.6 cm³/mol. The van der Waals surface area contributed by atoms with Gasteiger partial charge >= 0.3 is 6.18 Å². The van der Waals surface area contributed by atoms with E-state index in [2.05, 4.69) is 21.2 Å². The lowest BCUT2D eigenvalue weighted by Gasteiger charge is -2.16. The van der Waals surface area contributed by atoms with E-state index in [4.69, 9.17) is 5.73 Å². The van der Waals surface area contributed by atoms with E-state index in [9.17, 15) is 18.0 Å². The van der Waals surface area contributed by atoms with Crippen molar-refractivity contribution in [3.05, 3.63) is 28.2 Å². The molecule has 1 amide bonds. The highest BCUT2D eigenvalue weighted by molar-refractivity contribution is 9.10. The van der Waals surface area contributed by atoms with Gasteiger partial charge in [0.05, 0.1) is 11.5 Å². The first-order chi connectivity index (χ1) is 8.61. The molecule has 0 aliphatic heterocycles. The van der Waals surface area contributed by atoms with Gasteiger partial charge in [-0.25, -0.2) is 0 Å². The molecule has 19 heavy (non-hydrogen) atoms. The van der Waals surface area contributed by atoms with Crippen molar-refractivity contribution in [3.8, 4) is 0 Å². The summed E-state index contributed by atoms with van der Waals surface area (Å²) in [5.74, 6) is -0.908. The van der Waals surface area contributed by atoms with Crippen LogP contribution in [-0.2, 0) is 11.0 Å². The van der Waals surface area contributed by atoms with E-state index < -0.39 is 23.6 Å². The van der Waals surface area contributed by atoms with E-state index in [1.807, 2.05) is 0 Å². The fraction of sp³-hybridized carbons (Fsp3) is 0.417. The monoisotopic (exact) mass is 338 g/mol. The zero-order valence-corrected chi connectivity index (χ0v) is 12.0. The van der Waals surface area contributed by atoms with Crippen LogP contribution < -0.4 is 11.1 Å². The third-order valence-corrected chi connectivity index (χ3v) is 3.15. The van der Waals surface area contributed by atoms with E-state index in [0.29, 0.717) is 0 Å². The van der Waals surface area contributed by atoms with Crippen LogP contribution in [0.3, 0.4) is 0 Å². The number of hydrogen-bond acceptors (Lipinski definition) is 2. The molecule has 0 aliphatic rings. The Morgan fingerprint density at radius 3 is 2.37 bits per heavy atom. The van der Waals surface area contributed by atoms with E-state index in [-0.39, 0.29) is 16.2 Å². The summed E-state index contributed by atoms with van der Waals surface area (Å²) in [5.41, 5.74) is 4.82. The summed E-state index contributed by atoms with van der Waals surface area (Å²) in [6.45, 7) is 3.27. The molecule has 2 atom stereocenters. The lowest BCUT2D eigenvalue weighted by Crippen LogP contribution is -2.34. The van der Waals surface area contributed by atoms with Crippen molar-refractivity contribution in [2.75, 3.05) is 5.32 Å². The Bertz CT molecular complexity index is 475. The molecule has 0 fully saturated rings. The van der Waals surface area contributed by atoms with Crippen molar-refractivity contribution < 1.29 is 18.0 Å². The first-order valence-electron chi connectivity index (χ1n) is 5.55. The number of nitrogens with two attached hydrogens (primary N) is 1. The molecular formula is C12H14BrF3N2O. The summed E-state index contributed by atoms with van der Waals surface area (Å²) in [6, 6.07) is 2.86. The zero-order chi connectivity index (χ0) is 14.8. The molecule has 0 radical (unpaired) electrons. The number of anilines is 1. The van der Waals surface area contributed by atoms with Gasteiger partial charge in [-0.05, 0) is 25.1 Å². The summed E-state index contributed by atoms with van der Waals surface area (Å²) in [6.07, 6.45) is -4.46. The van der Waals surface area contributed by atoms with Gasteiger partial charge < -0.3 is 11.1 Å². The Balaban J connectivity index is 2.97. The first-order valence-corrected chi connectivity index (χ1v) is 6.35. The van der Waals surface area contributed by atoms with Crippen molar-refractivity contribution in [1.82, 2.24) is 0 Å². The number of rotatable bonds is 3. The van der Waals surface area contributed by atoms with E-state index >= 15 is 0 Å². The van der Waals surface area contributed by atoms with Gasteiger partial charge in [-0.1, -0.05) is 22.9 Å². The fourth-order valence-corrected chi connectivity index (χ4v) is 1.81. The van der Waals surface area contributed by atoms with Crippen molar-refractivity contribution in [2.45, 2.75) is 26.1 Å². The summed E-state index contributed by atoms with van der Waals surface area (Å²) in [7, 11) is 0. The fourth-order valence-electron chi connectivity index (χ4n) is 1.32. The Labute approximate surface area is 117 Å². The smallest absolute Gasteiger partial charge is 0.327 e. The largest absolute Gasteiger partial charge is 0.416 e. The van der Waals surface area contributed by atoms with Crippen molar-refractivity contribution in [2.24, 2.45) is 11.7 Å². The third-order valence-electron chi connectivity index (χ3n) is 2.69. The van der Waals surface area contributed by atoms with Gasteiger partial charge in [0.2, 0.25) is 5.91 Å². The van der Waals surface area contributed by atoms with Crippen LogP contribution in [0, 0.1) is 5.92 Å². The molecule has 0 aliphatic carbocycles. The van der Waals surface area contributed by atoms with Gasteiger partial charge in [0.15, 0.2) is 0 Å². The minimum absolute atomic E-state index is 0.0826. The molecule has 0 heterocycles. The lowest BCUT2D eigenvalue weighted by atomic mass is 10.0. The average Bonchev–Trinajstić information content (AvgIpc) is 2.25. The van der Waals surface area contributed by atoms with Crippen LogP contribution in [-0.4, -0.2) is 11.9 Å². The van der Waals surface area contributed by atoms with Crippen LogP contribution in [0.1, 0.15) is 19.4 Å². The second-order valence-electron chi connectivity index (χ2n) is 4.36. The minimum atomic E-state index is -4.46. The molecular weight excluding hydrogens is 325 g/mol. The van der Waals surface area contributed by atoms with Gasteiger partial charge in [-0.15, -0.1) is 0 Å². The van der Waals surface area contributed by atoms with Crippen LogP contribution in [0.2, 0.25) is 0 Å². The van der Waals surface area contributed by atoms with Crippen molar-refractivity contribution in [3.63, 3.8) is 0 Å². The van der Waals surface area contributed by atoms with Crippen LogP contribution >= 0.6 is 15.9 Å². The molecule has 7 heteroatoms. The second-order valence-corrected chi connectivity index (χ2v) is 5.28. The molecule has 0 saturated carbocycles. The summed E-state index contributed by atoms with van der Waals surface area (Å²) in [5, 5.41) is 2.43. The standard InChI is InChI=1S/C12H14BrF3N2O/c1-6(7(2)17)11(19)18-10-4-8(12(14,15)16)3-9(13)5-10/h3-7H,17H2,1-2H3,(H,18,19). The van der Waals surface area contributed by atoms with E-state index in [1.54, 1.807) is 13.8 Å². The topological polar surface area (TPSA) is 55.1 Å². The molecule has 1 aromatic carbocycles. The SMILES string of the molecule is CC(N)C(C)C(=O)Nc1cc(Br)cc(C(F)(F)F)c1. The Morgan fingerprint density at radius 1 is 1.32 bits per heavy atom. The zero-order valence-electron chi connectivity index (χ0n) is 10.4. The maximum Gasteiger partial charge on any atom is 0.416 e. The molecule has 0 aromatic heterocycles. The molecule has 1 rings (SSSR count). The Hall–Kier alpha value is -1.08. The number of carbonyl (C=O) groups is 1. The molecule has 3 nitrogen and oxygen atoms in total. The lowest BCUT2D eigenvalue weighted by molar-refractivity contribution is -0.137. The number of benzene rings is 1. The van der Waals surface area contributed by atoms with Crippen LogP contribution in [0.15, 0.2) is 22.7 Å². The molecule has 1 aromatic rings. The van der Waals surface area contributed by atoms with Gasteiger partial charge in [0, 0.05) is 16.2 Å². The van der Waals surface area contributed by atoms with Gasteiger partial charge in [0.25, 0.3) is 0 Å². The number of alkyl halides is 3. The van der Waals surface area contributed by atoms with Crippen LogP contribution in [0.4, 0.5) is 18.9 Å².